The third kappa shape index (κ3) is 5.52. The molecule has 4 rings (SSSR count). The van der Waals surface area contributed by atoms with Gasteiger partial charge in [0.1, 0.15) is 12.4 Å². The molecular formula is C23H26FN5O2S. The largest absolute Gasteiger partial charge is 0.384 e. The van der Waals surface area contributed by atoms with Crippen LogP contribution in [0, 0.1) is 5.82 Å². The molecule has 0 N–H and O–H groups in total. The third-order valence-electron chi connectivity index (χ3n) is 5.56. The second-order valence-electron chi connectivity index (χ2n) is 7.69. The van der Waals surface area contributed by atoms with Gasteiger partial charge in [-0.05, 0) is 30.5 Å². The average Bonchev–Trinajstić information content (AvgIpc) is 3.32. The van der Waals surface area contributed by atoms with Gasteiger partial charge in [-0.15, -0.1) is 0 Å². The Labute approximate surface area is 191 Å². The van der Waals surface area contributed by atoms with Gasteiger partial charge in [-0.2, -0.15) is 0 Å². The monoisotopic (exact) mass is 455 g/mol. The lowest BCUT2D eigenvalue weighted by atomic mass is 9.89. The summed E-state index contributed by atoms with van der Waals surface area (Å²) < 4.78 is 20.8. The molecule has 3 aromatic rings. The van der Waals surface area contributed by atoms with Crippen molar-refractivity contribution in [1.82, 2.24) is 24.4 Å². The van der Waals surface area contributed by atoms with Gasteiger partial charge < -0.3 is 14.2 Å². The van der Waals surface area contributed by atoms with Crippen molar-refractivity contribution in [2.45, 2.75) is 30.5 Å². The molecule has 0 spiro atoms. The van der Waals surface area contributed by atoms with Crippen LogP contribution in [-0.2, 0) is 16.1 Å². The van der Waals surface area contributed by atoms with Crippen LogP contribution in [-0.4, -0.2) is 62.9 Å². The normalized spacial score (nSPS) is 14.6. The molecule has 3 heterocycles. The fourth-order valence-corrected chi connectivity index (χ4v) is 4.61. The summed E-state index contributed by atoms with van der Waals surface area (Å²) >= 11 is 1.54. The maximum Gasteiger partial charge on any atom is 0.242 e. The van der Waals surface area contributed by atoms with Crippen LogP contribution in [0.15, 0.2) is 54.3 Å². The van der Waals surface area contributed by atoms with E-state index in [4.69, 9.17) is 9.72 Å². The number of hydrogen-bond donors (Lipinski definition) is 0. The zero-order valence-electron chi connectivity index (χ0n) is 18.0. The van der Waals surface area contributed by atoms with E-state index in [0.717, 1.165) is 35.4 Å². The number of carbonyl (C=O) groups is 1. The lowest BCUT2D eigenvalue weighted by Crippen LogP contribution is -2.39. The van der Waals surface area contributed by atoms with Crippen molar-refractivity contribution < 1.29 is 13.9 Å². The number of hydrogen-bond acceptors (Lipinski definition) is 6. The van der Waals surface area contributed by atoms with Crippen molar-refractivity contribution in [3.05, 3.63) is 60.7 Å². The highest BCUT2D eigenvalue weighted by Gasteiger charge is 2.27. The molecule has 1 aliphatic rings. The average molecular weight is 456 g/mol. The lowest BCUT2D eigenvalue weighted by Gasteiger charge is -2.32. The molecule has 0 aliphatic carbocycles. The lowest BCUT2D eigenvalue weighted by molar-refractivity contribution is -0.132. The molecule has 0 saturated carbocycles. The first-order valence-corrected chi connectivity index (χ1v) is 11.6. The molecule has 7 nitrogen and oxygen atoms in total. The van der Waals surface area contributed by atoms with Gasteiger partial charge in [0.2, 0.25) is 5.91 Å². The number of halogens is 1. The quantitative estimate of drug-likeness (QED) is 0.293. The molecule has 9 heteroatoms. The van der Waals surface area contributed by atoms with E-state index in [2.05, 4.69) is 9.97 Å². The zero-order valence-corrected chi connectivity index (χ0v) is 18.8. The minimum absolute atomic E-state index is 0.0882. The van der Waals surface area contributed by atoms with E-state index < -0.39 is 0 Å². The van der Waals surface area contributed by atoms with Gasteiger partial charge in [0, 0.05) is 56.0 Å². The Morgan fingerprint density at radius 3 is 2.88 bits per heavy atom. The standard InChI is InChI=1S/C23H26FN5O2S/c1-31-11-12-32-23-26-14-20(18-3-2-4-19(24)13-18)22(27-23)17-5-8-29(9-6-17)21(30)15-28-10-7-25-16-28/h2-4,7,10,13-14,16-17H,5-6,8-9,11-12,15H2,1H3. The Hall–Kier alpha value is -2.78. The van der Waals surface area contributed by atoms with Crippen LogP contribution in [0.5, 0.6) is 0 Å². The molecule has 1 aromatic carbocycles. The Morgan fingerprint density at radius 1 is 1.31 bits per heavy atom. The smallest absolute Gasteiger partial charge is 0.242 e. The van der Waals surface area contributed by atoms with Crippen LogP contribution in [0.25, 0.3) is 11.1 Å². The van der Waals surface area contributed by atoms with E-state index in [-0.39, 0.29) is 17.6 Å². The zero-order chi connectivity index (χ0) is 22.3. The first-order chi connectivity index (χ1) is 15.6. The molecule has 2 aromatic heterocycles. The van der Waals surface area contributed by atoms with E-state index in [1.165, 1.54) is 12.1 Å². The molecular weight excluding hydrogens is 429 g/mol. The van der Waals surface area contributed by atoms with Crippen LogP contribution >= 0.6 is 11.8 Å². The Bertz CT molecular complexity index is 1040. The molecule has 0 radical (unpaired) electrons. The molecule has 1 aliphatic heterocycles. The van der Waals surface area contributed by atoms with Crippen molar-refractivity contribution in [3.8, 4) is 11.1 Å². The number of likely N-dealkylation sites (tertiary alicyclic amines) is 1. The summed E-state index contributed by atoms with van der Waals surface area (Å²) in [5, 5.41) is 0.691. The number of aromatic nitrogens is 4. The number of nitrogens with zero attached hydrogens (tertiary/aromatic N) is 5. The molecule has 0 atom stereocenters. The van der Waals surface area contributed by atoms with Crippen LogP contribution < -0.4 is 0 Å². The van der Waals surface area contributed by atoms with Gasteiger partial charge in [0.15, 0.2) is 5.16 Å². The topological polar surface area (TPSA) is 73.1 Å². The number of piperidine rings is 1. The summed E-state index contributed by atoms with van der Waals surface area (Å²) in [6.07, 6.45) is 8.52. The second kappa shape index (κ2) is 10.7. The van der Waals surface area contributed by atoms with E-state index in [0.29, 0.717) is 31.4 Å². The Balaban J connectivity index is 1.51. The molecule has 0 bridgehead atoms. The van der Waals surface area contributed by atoms with Gasteiger partial charge in [0.25, 0.3) is 0 Å². The number of methoxy groups -OCH3 is 1. The highest BCUT2D eigenvalue weighted by Crippen LogP contribution is 2.35. The van der Waals surface area contributed by atoms with Crippen molar-refractivity contribution >= 4 is 17.7 Å². The number of imidazole rings is 1. The fraction of sp³-hybridized carbons (Fsp3) is 0.391. The minimum atomic E-state index is -0.285. The predicted octanol–water partition coefficient (Wildman–Crippen LogP) is 3.62. The number of carbonyl (C=O) groups excluding carboxylic acids is 1. The van der Waals surface area contributed by atoms with Crippen molar-refractivity contribution in [3.63, 3.8) is 0 Å². The summed E-state index contributed by atoms with van der Waals surface area (Å²) in [6.45, 7) is 2.24. The number of ether oxygens (including phenoxy) is 1. The SMILES string of the molecule is COCCSc1ncc(-c2cccc(F)c2)c(C2CCN(C(=O)Cn3ccnc3)CC2)n1. The van der Waals surface area contributed by atoms with Crippen molar-refractivity contribution in [1.29, 1.82) is 0 Å². The fourth-order valence-electron chi connectivity index (χ4n) is 3.89. The van der Waals surface area contributed by atoms with Crippen molar-refractivity contribution in [2.75, 3.05) is 32.6 Å². The van der Waals surface area contributed by atoms with E-state index in [9.17, 15) is 9.18 Å². The van der Waals surface area contributed by atoms with Gasteiger partial charge in [-0.25, -0.2) is 19.3 Å². The number of rotatable bonds is 8. The van der Waals surface area contributed by atoms with Crippen LogP contribution in [0.4, 0.5) is 4.39 Å². The minimum Gasteiger partial charge on any atom is -0.384 e. The molecule has 32 heavy (non-hydrogen) atoms. The highest BCUT2D eigenvalue weighted by molar-refractivity contribution is 7.99. The van der Waals surface area contributed by atoms with Crippen LogP contribution in [0.2, 0.25) is 0 Å². The van der Waals surface area contributed by atoms with E-state index in [1.807, 2.05) is 11.0 Å². The van der Waals surface area contributed by atoms with Gasteiger partial charge >= 0.3 is 0 Å². The van der Waals surface area contributed by atoms with Crippen LogP contribution in [0.3, 0.4) is 0 Å². The highest BCUT2D eigenvalue weighted by atomic mass is 32.2. The molecule has 1 fully saturated rings. The van der Waals surface area contributed by atoms with Crippen molar-refractivity contribution in [2.24, 2.45) is 0 Å². The Morgan fingerprint density at radius 2 is 2.16 bits per heavy atom. The van der Waals surface area contributed by atoms with Gasteiger partial charge in [-0.3, -0.25) is 4.79 Å². The van der Waals surface area contributed by atoms with E-state index >= 15 is 0 Å². The first kappa shape index (κ1) is 22.4. The summed E-state index contributed by atoms with van der Waals surface area (Å²) in [6, 6.07) is 6.53. The number of thioether (sulfide) groups is 1. The summed E-state index contributed by atoms with van der Waals surface area (Å²) in [4.78, 5) is 27.9. The number of benzene rings is 1. The maximum absolute atomic E-state index is 13.9. The third-order valence-corrected chi connectivity index (χ3v) is 6.39. The number of amides is 1. The first-order valence-electron chi connectivity index (χ1n) is 10.6. The van der Waals surface area contributed by atoms with E-state index in [1.54, 1.807) is 54.4 Å². The molecule has 1 saturated heterocycles. The molecule has 0 unspecified atom stereocenters. The summed E-state index contributed by atoms with van der Waals surface area (Å²) in [5.74, 6) is 0.740. The van der Waals surface area contributed by atoms with Gasteiger partial charge in [0.05, 0.1) is 18.6 Å². The second-order valence-corrected chi connectivity index (χ2v) is 8.76. The summed E-state index contributed by atoms with van der Waals surface area (Å²) in [7, 11) is 1.67. The molecule has 168 valence electrons. The van der Waals surface area contributed by atoms with Gasteiger partial charge in [-0.1, -0.05) is 23.9 Å². The predicted molar refractivity (Wildman–Crippen MR) is 121 cm³/mol. The Kier molecular flexibility index (Phi) is 7.49. The maximum atomic E-state index is 13.9. The van der Waals surface area contributed by atoms with Crippen LogP contribution in [0.1, 0.15) is 24.5 Å². The molecule has 1 amide bonds. The summed E-state index contributed by atoms with van der Waals surface area (Å²) in [5.41, 5.74) is 2.54.